The molecule has 0 aliphatic rings. The molecule has 0 unspecified atom stereocenters. The normalized spacial score (nSPS) is 10.8. The Morgan fingerprint density at radius 1 is 1.28 bits per heavy atom. The minimum Gasteiger partial charge on any atom is -0.490 e. The van der Waals surface area contributed by atoms with Gasteiger partial charge in [-0.15, -0.1) is 0 Å². The van der Waals surface area contributed by atoms with Crippen LogP contribution in [0.5, 0.6) is 11.5 Å². The number of hydrogen-bond donors (Lipinski definition) is 1. The lowest BCUT2D eigenvalue weighted by Gasteiger charge is -2.18. The highest BCUT2D eigenvalue weighted by atomic mass is 16.5. The molecular formula is C14H19NO3. The van der Waals surface area contributed by atoms with Crippen molar-refractivity contribution in [3.63, 3.8) is 0 Å². The fourth-order valence-corrected chi connectivity index (χ4v) is 1.38. The van der Waals surface area contributed by atoms with Gasteiger partial charge in [0.1, 0.15) is 0 Å². The Labute approximate surface area is 108 Å². The molecule has 0 atom stereocenters. The minimum atomic E-state index is -0.752. The molecule has 98 valence electrons. The zero-order chi connectivity index (χ0) is 13.6. The molecule has 0 bridgehead atoms. The smallest absolute Gasteiger partial charge is 0.162 e. The van der Waals surface area contributed by atoms with Gasteiger partial charge in [0, 0.05) is 12.5 Å². The van der Waals surface area contributed by atoms with Gasteiger partial charge in [-0.1, -0.05) is 0 Å². The monoisotopic (exact) mass is 249 g/mol. The van der Waals surface area contributed by atoms with Crippen molar-refractivity contribution in [2.75, 3.05) is 13.2 Å². The van der Waals surface area contributed by atoms with E-state index < -0.39 is 5.60 Å². The van der Waals surface area contributed by atoms with Crippen molar-refractivity contribution in [3.05, 3.63) is 23.8 Å². The number of aliphatic hydroxyl groups is 1. The van der Waals surface area contributed by atoms with Gasteiger partial charge in [0.05, 0.1) is 30.4 Å². The SMILES string of the molecule is CCOc1cc(C#N)ccc1OCCC(C)(C)O. The number of nitrogens with zero attached hydrogens (tertiary/aromatic N) is 1. The van der Waals surface area contributed by atoms with Crippen LogP contribution >= 0.6 is 0 Å². The molecule has 0 aromatic heterocycles. The summed E-state index contributed by atoms with van der Waals surface area (Å²) in [5.41, 5.74) is -0.216. The van der Waals surface area contributed by atoms with Crippen LogP contribution in [0.2, 0.25) is 0 Å². The fraction of sp³-hybridized carbons (Fsp3) is 0.500. The van der Waals surface area contributed by atoms with Crippen molar-refractivity contribution < 1.29 is 14.6 Å². The van der Waals surface area contributed by atoms with Crippen LogP contribution in [-0.4, -0.2) is 23.9 Å². The van der Waals surface area contributed by atoms with E-state index >= 15 is 0 Å². The third-order valence-corrected chi connectivity index (χ3v) is 2.34. The minimum absolute atomic E-state index is 0.398. The molecule has 0 saturated heterocycles. The first-order valence-electron chi connectivity index (χ1n) is 5.98. The average Bonchev–Trinajstić information content (AvgIpc) is 2.29. The summed E-state index contributed by atoms with van der Waals surface area (Å²) in [6, 6.07) is 7.11. The van der Waals surface area contributed by atoms with Crippen LogP contribution in [0.15, 0.2) is 18.2 Å². The van der Waals surface area contributed by atoms with E-state index in [0.29, 0.717) is 36.7 Å². The Morgan fingerprint density at radius 3 is 2.56 bits per heavy atom. The maximum absolute atomic E-state index is 9.60. The molecule has 0 amide bonds. The van der Waals surface area contributed by atoms with E-state index in [1.807, 2.05) is 6.92 Å². The number of benzene rings is 1. The van der Waals surface area contributed by atoms with Gasteiger partial charge < -0.3 is 14.6 Å². The predicted molar refractivity (Wildman–Crippen MR) is 68.7 cm³/mol. The highest BCUT2D eigenvalue weighted by molar-refractivity contribution is 5.46. The quantitative estimate of drug-likeness (QED) is 0.841. The molecule has 1 aromatic carbocycles. The van der Waals surface area contributed by atoms with Crippen LogP contribution in [0.4, 0.5) is 0 Å². The molecule has 4 heteroatoms. The summed E-state index contributed by atoms with van der Waals surface area (Å²) >= 11 is 0. The van der Waals surface area contributed by atoms with Crippen LogP contribution in [0.3, 0.4) is 0 Å². The van der Waals surface area contributed by atoms with Crippen molar-refractivity contribution in [2.45, 2.75) is 32.8 Å². The van der Waals surface area contributed by atoms with Crippen LogP contribution in [0.25, 0.3) is 0 Å². The zero-order valence-electron chi connectivity index (χ0n) is 11.1. The van der Waals surface area contributed by atoms with Gasteiger partial charge >= 0.3 is 0 Å². The Hall–Kier alpha value is -1.73. The summed E-state index contributed by atoms with van der Waals surface area (Å²) in [5.74, 6) is 1.16. The fourth-order valence-electron chi connectivity index (χ4n) is 1.38. The number of rotatable bonds is 6. The van der Waals surface area contributed by atoms with Crippen LogP contribution in [0.1, 0.15) is 32.8 Å². The van der Waals surface area contributed by atoms with Gasteiger partial charge in [-0.25, -0.2) is 0 Å². The van der Waals surface area contributed by atoms with E-state index in [9.17, 15) is 5.11 Å². The Balaban J connectivity index is 2.72. The zero-order valence-corrected chi connectivity index (χ0v) is 11.1. The second-order valence-corrected chi connectivity index (χ2v) is 4.62. The summed E-state index contributed by atoms with van der Waals surface area (Å²) in [6.45, 7) is 6.25. The molecule has 1 aromatic rings. The molecule has 0 fully saturated rings. The average molecular weight is 249 g/mol. The van der Waals surface area contributed by atoms with Gasteiger partial charge in [-0.2, -0.15) is 5.26 Å². The molecule has 0 heterocycles. The van der Waals surface area contributed by atoms with E-state index in [0.717, 1.165) is 0 Å². The molecule has 18 heavy (non-hydrogen) atoms. The lowest BCUT2D eigenvalue weighted by Crippen LogP contribution is -2.21. The molecule has 0 saturated carbocycles. The molecule has 0 spiro atoms. The molecule has 1 N–H and O–H groups in total. The van der Waals surface area contributed by atoms with E-state index in [2.05, 4.69) is 6.07 Å². The van der Waals surface area contributed by atoms with E-state index in [1.165, 1.54) is 0 Å². The first kappa shape index (κ1) is 14.3. The van der Waals surface area contributed by atoms with Crippen molar-refractivity contribution in [1.82, 2.24) is 0 Å². The second-order valence-electron chi connectivity index (χ2n) is 4.62. The lowest BCUT2D eigenvalue weighted by molar-refractivity contribution is 0.0548. The van der Waals surface area contributed by atoms with Crippen LogP contribution in [-0.2, 0) is 0 Å². The largest absolute Gasteiger partial charge is 0.490 e. The van der Waals surface area contributed by atoms with Crippen molar-refractivity contribution >= 4 is 0 Å². The first-order chi connectivity index (χ1) is 8.46. The standard InChI is InChI=1S/C14H19NO3/c1-4-17-13-9-11(10-15)5-6-12(13)18-8-7-14(2,3)16/h5-6,9,16H,4,7-8H2,1-3H3. The van der Waals surface area contributed by atoms with Gasteiger partial charge in [-0.05, 0) is 32.9 Å². The molecule has 1 rings (SSSR count). The van der Waals surface area contributed by atoms with Crippen molar-refractivity contribution in [1.29, 1.82) is 5.26 Å². The van der Waals surface area contributed by atoms with Gasteiger partial charge in [0.25, 0.3) is 0 Å². The van der Waals surface area contributed by atoms with E-state index in [-0.39, 0.29) is 0 Å². The predicted octanol–water partition coefficient (Wildman–Crippen LogP) is 2.50. The van der Waals surface area contributed by atoms with Crippen LogP contribution < -0.4 is 9.47 Å². The van der Waals surface area contributed by atoms with Crippen molar-refractivity contribution in [2.24, 2.45) is 0 Å². The number of nitriles is 1. The molecular weight excluding hydrogens is 230 g/mol. The Bertz CT molecular complexity index is 430. The van der Waals surface area contributed by atoms with Crippen molar-refractivity contribution in [3.8, 4) is 17.6 Å². The van der Waals surface area contributed by atoms with Gasteiger partial charge in [-0.3, -0.25) is 0 Å². The number of hydrogen-bond acceptors (Lipinski definition) is 4. The van der Waals surface area contributed by atoms with E-state index in [4.69, 9.17) is 14.7 Å². The highest BCUT2D eigenvalue weighted by Crippen LogP contribution is 2.28. The third-order valence-electron chi connectivity index (χ3n) is 2.34. The topological polar surface area (TPSA) is 62.5 Å². The molecule has 4 nitrogen and oxygen atoms in total. The maximum atomic E-state index is 9.60. The summed E-state index contributed by atoms with van der Waals surface area (Å²) in [6.07, 6.45) is 0.526. The summed E-state index contributed by atoms with van der Waals surface area (Å²) in [4.78, 5) is 0. The highest BCUT2D eigenvalue weighted by Gasteiger charge is 2.13. The maximum Gasteiger partial charge on any atom is 0.162 e. The second kappa shape index (κ2) is 6.27. The molecule has 0 radical (unpaired) electrons. The summed E-state index contributed by atoms with van der Waals surface area (Å²) < 4.78 is 11.0. The summed E-state index contributed by atoms with van der Waals surface area (Å²) in [5, 5.41) is 18.4. The molecule has 0 aliphatic carbocycles. The van der Waals surface area contributed by atoms with Crippen LogP contribution in [0, 0.1) is 11.3 Å². The Morgan fingerprint density at radius 2 is 2.00 bits per heavy atom. The Kier molecular flexibility index (Phi) is 4.99. The number of ether oxygens (including phenoxy) is 2. The third kappa shape index (κ3) is 4.64. The first-order valence-corrected chi connectivity index (χ1v) is 5.98. The van der Waals surface area contributed by atoms with E-state index in [1.54, 1.807) is 32.0 Å². The van der Waals surface area contributed by atoms with Gasteiger partial charge in [0.15, 0.2) is 11.5 Å². The van der Waals surface area contributed by atoms with Gasteiger partial charge in [0.2, 0.25) is 0 Å². The summed E-state index contributed by atoms with van der Waals surface area (Å²) in [7, 11) is 0. The lowest BCUT2D eigenvalue weighted by atomic mass is 10.1. The molecule has 0 aliphatic heterocycles.